The third-order valence-electron chi connectivity index (χ3n) is 6.45. The Morgan fingerprint density at radius 3 is 2.69 bits per heavy atom. The number of piperazine rings is 1. The maximum atomic E-state index is 6.40. The summed E-state index contributed by atoms with van der Waals surface area (Å²) in [4.78, 5) is 11.9. The average molecular weight is 361 g/mol. The third kappa shape index (κ3) is 3.88. The summed E-state index contributed by atoms with van der Waals surface area (Å²) < 4.78 is 11.8. The van der Waals surface area contributed by atoms with E-state index >= 15 is 0 Å². The average Bonchev–Trinajstić information content (AvgIpc) is 3.09. The molecule has 3 aliphatic rings. The molecular weight excluding hydrogens is 328 g/mol. The minimum Gasteiger partial charge on any atom is -0.481 e. The van der Waals surface area contributed by atoms with Crippen molar-refractivity contribution in [3.05, 3.63) is 23.9 Å². The highest BCUT2D eigenvalue weighted by molar-refractivity contribution is 5.25. The molecule has 4 rings (SSSR count). The van der Waals surface area contributed by atoms with E-state index in [4.69, 9.17) is 9.47 Å². The maximum Gasteiger partial charge on any atom is 0.217 e. The molecule has 6 nitrogen and oxygen atoms in total. The molecule has 0 aliphatic carbocycles. The quantitative estimate of drug-likeness (QED) is 0.810. The highest BCUT2D eigenvalue weighted by Crippen LogP contribution is 2.38. The zero-order chi connectivity index (χ0) is 18.0. The lowest BCUT2D eigenvalue weighted by atomic mass is 9.87. The third-order valence-corrected chi connectivity index (χ3v) is 6.45. The molecule has 26 heavy (non-hydrogen) atoms. The van der Waals surface area contributed by atoms with E-state index in [9.17, 15) is 0 Å². The second-order valence-corrected chi connectivity index (χ2v) is 8.14. The van der Waals surface area contributed by atoms with Crippen LogP contribution < -0.4 is 4.74 Å². The Morgan fingerprint density at radius 2 is 1.96 bits per heavy atom. The van der Waals surface area contributed by atoms with E-state index in [0.29, 0.717) is 6.04 Å². The van der Waals surface area contributed by atoms with Gasteiger partial charge in [0.25, 0.3) is 0 Å². The molecule has 4 heterocycles. The van der Waals surface area contributed by atoms with Crippen LogP contribution in [0.2, 0.25) is 0 Å². The van der Waals surface area contributed by atoms with Crippen molar-refractivity contribution >= 4 is 0 Å². The molecule has 0 unspecified atom stereocenters. The van der Waals surface area contributed by atoms with Crippen LogP contribution in [0.5, 0.6) is 5.88 Å². The zero-order valence-electron chi connectivity index (χ0n) is 16.2. The first-order chi connectivity index (χ1) is 12.7. The van der Waals surface area contributed by atoms with Gasteiger partial charge < -0.3 is 14.4 Å². The van der Waals surface area contributed by atoms with Gasteiger partial charge in [0.2, 0.25) is 5.88 Å². The summed E-state index contributed by atoms with van der Waals surface area (Å²) in [6.45, 7) is 8.76. The fourth-order valence-electron chi connectivity index (χ4n) is 4.68. The molecular formula is C20H32N4O2. The van der Waals surface area contributed by atoms with Crippen molar-refractivity contribution in [3.8, 4) is 5.88 Å². The normalized spacial score (nSPS) is 27.8. The predicted molar refractivity (Wildman–Crippen MR) is 101 cm³/mol. The molecule has 3 fully saturated rings. The standard InChI is InChI=1S/C20H32N4O2/c1-22-10-12-24(13-11-22)18-14-20(26-16-18)5-8-23(9-6-20)15-17-4-3-7-21-19(17)25-2/h3-4,7,18H,5-6,8-16H2,1-2H3/t18-/m1/s1. The summed E-state index contributed by atoms with van der Waals surface area (Å²) in [5.41, 5.74) is 1.29. The van der Waals surface area contributed by atoms with Gasteiger partial charge in [0.1, 0.15) is 0 Å². The van der Waals surface area contributed by atoms with E-state index in [1.54, 1.807) is 13.3 Å². The Hall–Kier alpha value is -1.21. The smallest absolute Gasteiger partial charge is 0.217 e. The van der Waals surface area contributed by atoms with Gasteiger partial charge in [-0.05, 0) is 32.4 Å². The number of likely N-dealkylation sites (tertiary alicyclic amines) is 1. The second-order valence-electron chi connectivity index (χ2n) is 8.14. The van der Waals surface area contributed by atoms with Crippen LogP contribution in [0.4, 0.5) is 0 Å². The van der Waals surface area contributed by atoms with Gasteiger partial charge in [-0.25, -0.2) is 4.98 Å². The molecule has 1 spiro atoms. The van der Waals surface area contributed by atoms with Gasteiger partial charge >= 0.3 is 0 Å². The summed E-state index contributed by atoms with van der Waals surface area (Å²) in [6, 6.07) is 4.73. The predicted octanol–water partition coefficient (Wildman–Crippen LogP) is 1.46. The first-order valence-electron chi connectivity index (χ1n) is 9.94. The number of likely N-dealkylation sites (N-methyl/N-ethyl adjacent to an activating group) is 1. The number of aromatic nitrogens is 1. The monoisotopic (exact) mass is 360 g/mol. The highest BCUT2D eigenvalue weighted by atomic mass is 16.5. The van der Waals surface area contributed by atoms with Crippen molar-refractivity contribution in [1.29, 1.82) is 0 Å². The molecule has 3 saturated heterocycles. The summed E-state index contributed by atoms with van der Waals surface area (Å²) in [7, 11) is 3.92. The van der Waals surface area contributed by atoms with Crippen molar-refractivity contribution < 1.29 is 9.47 Å². The van der Waals surface area contributed by atoms with Gasteiger partial charge in [0.05, 0.1) is 19.3 Å². The summed E-state index contributed by atoms with van der Waals surface area (Å²) in [5, 5.41) is 0. The Labute approximate surface area is 157 Å². The number of pyridine rings is 1. The Balaban J connectivity index is 1.29. The Kier molecular flexibility index (Phi) is 5.45. The molecule has 0 amide bonds. The number of ether oxygens (including phenoxy) is 2. The lowest BCUT2D eigenvalue weighted by Crippen LogP contribution is -2.50. The van der Waals surface area contributed by atoms with Crippen LogP contribution in [0, 0.1) is 0 Å². The molecule has 0 saturated carbocycles. The number of methoxy groups -OCH3 is 1. The molecule has 0 bridgehead atoms. The molecule has 1 atom stereocenters. The van der Waals surface area contributed by atoms with Gasteiger partial charge in [0, 0.05) is 63.6 Å². The number of nitrogens with zero attached hydrogens (tertiary/aromatic N) is 4. The highest BCUT2D eigenvalue weighted by Gasteiger charge is 2.44. The van der Waals surface area contributed by atoms with Crippen LogP contribution in [0.25, 0.3) is 0 Å². The van der Waals surface area contributed by atoms with Crippen LogP contribution >= 0.6 is 0 Å². The van der Waals surface area contributed by atoms with Crippen molar-refractivity contribution in [3.63, 3.8) is 0 Å². The first-order valence-corrected chi connectivity index (χ1v) is 9.94. The van der Waals surface area contributed by atoms with Gasteiger partial charge in [0.15, 0.2) is 0 Å². The minimum atomic E-state index is 0.115. The summed E-state index contributed by atoms with van der Waals surface area (Å²) in [6.07, 6.45) is 5.28. The van der Waals surface area contributed by atoms with Crippen molar-refractivity contribution in [2.45, 2.75) is 37.5 Å². The van der Waals surface area contributed by atoms with E-state index in [1.807, 2.05) is 6.07 Å². The van der Waals surface area contributed by atoms with Crippen LogP contribution in [-0.2, 0) is 11.3 Å². The second kappa shape index (κ2) is 7.80. The first kappa shape index (κ1) is 18.2. The lowest BCUT2D eigenvalue weighted by molar-refractivity contribution is -0.0455. The molecule has 144 valence electrons. The molecule has 6 heteroatoms. The Morgan fingerprint density at radius 1 is 1.19 bits per heavy atom. The minimum absolute atomic E-state index is 0.115. The van der Waals surface area contributed by atoms with E-state index in [1.165, 1.54) is 38.2 Å². The van der Waals surface area contributed by atoms with Crippen molar-refractivity contribution in [2.75, 3.05) is 60.0 Å². The van der Waals surface area contributed by atoms with Gasteiger partial charge in [-0.2, -0.15) is 0 Å². The van der Waals surface area contributed by atoms with E-state index in [0.717, 1.165) is 45.0 Å². The number of piperidine rings is 1. The van der Waals surface area contributed by atoms with E-state index in [2.05, 4.69) is 32.8 Å². The summed E-state index contributed by atoms with van der Waals surface area (Å²) in [5.74, 6) is 0.750. The molecule has 1 aromatic heterocycles. The molecule has 0 radical (unpaired) electrons. The fourth-order valence-corrected chi connectivity index (χ4v) is 4.68. The van der Waals surface area contributed by atoms with E-state index < -0.39 is 0 Å². The van der Waals surface area contributed by atoms with Crippen molar-refractivity contribution in [2.24, 2.45) is 0 Å². The lowest BCUT2D eigenvalue weighted by Gasteiger charge is -2.40. The number of hydrogen-bond acceptors (Lipinski definition) is 6. The largest absolute Gasteiger partial charge is 0.481 e. The van der Waals surface area contributed by atoms with Crippen molar-refractivity contribution in [1.82, 2.24) is 19.7 Å². The zero-order valence-corrected chi connectivity index (χ0v) is 16.2. The topological polar surface area (TPSA) is 41.1 Å². The van der Waals surface area contributed by atoms with Crippen LogP contribution in [0.3, 0.4) is 0 Å². The fraction of sp³-hybridized carbons (Fsp3) is 0.750. The van der Waals surface area contributed by atoms with Crippen LogP contribution in [-0.4, -0.2) is 91.4 Å². The van der Waals surface area contributed by atoms with E-state index in [-0.39, 0.29) is 5.60 Å². The Bertz CT molecular complexity index is 595. The van der Waals surface area contributed by atoms with Gasteiger partial charge in [-0.1, -0.05) is 6.07 Å². The maximum absolute atomic E-state index is 6.40. The number of hydrogen-bond donors (Lipinski definition) is 0. The molecule has 1 aromatic rings. The molecule has 0 N–H and O–H groups in total. The molecule has 3 aliphatic heterocycles. The SMILES string of the molecule is COc1ncccc1CN1CCC2(CC1)C[C@@H](N1CCN(C)CC1)CO2. The van der Waals surface area contributed by atoms with Gasteiger partial charge in [-0.15, -0.1) is 0 Å². The summed E-state index contributed by atoms with van der Waals surface area (Å²) >= 11 is 0. The van der Waals surface area contributed by atoms with Crippen LogP contribution in [0.15, 0.2) is 18.3 Å². The van der Waals surface area contributed by atoms with Crippen LogP contribution in [0.1, 0.15) is 24.8 Å². The molecule has 0 aromatic carbocycles. The van der Waals surface area contributed by atoms with Gasteiger partial charge in [-0.3, -0.25) is 9.80 Å². The number of rotatable bonds is 4.